The van der Waals surface area contributed by atoms with Gasteiger partial charge in [0.25, 0.3) is 5.69 Å². The number of aromatic nitrogens is 2. The van der Waals surface area contributed by atoms with Crippen molar-refractivity contribution in [2.75, 3.05) is 6.54 Å². The molecule has 0 fully saturated rings. The van der Waals surface area contributed by atoms with Gasteiger partial charge in [-0.25, -0.2) is 0 Å². The van der Waals surface area contributed by atoms with Crippen LogP contribution in [-0.2, 0) is 13.1 Å². The third-order valence-electron chi connectivity index (χ3n) is 3.05. The second-order valence-electron chi connectivity index (χ2n) is 4.72. The highest BCUT2D eigenvalue weighted by Gasteiger charge is 2.17. The zero-order chi connectivity index (χ0) is 15.2. The predicted molar refractivity (Wildman–Crippen MR) is 81.4 cm³/mol. The maximum atomic E-state index is 11.1. The lowest BCUT2D eigenvalue weighted by molar-refractivity contribution is -0.385. The topological polar surface area (TPSA) is 73.0 Å². The van der Waals surface area contributed by atoms with Crippen molar-refractivity contribution < 1.29 is 4.92 Å². The van der Waals surface area contributed by atoms with E-state index in [1.807, 2.05) is 6.20 Å². The van der Waals surface area contributed by atoms with Crippen LogP contribution in [-0.4, -0.2) is 21.2 Å². The van der Waals surface area contributed by atoms with Gasteiger partial charge in [0, 0.05) is 24.4 Å². The van der Waals surface area contributed by atoms with E-state index in [4.69, 9.17) is 11.6 Å². The van der Waals surface area contributed by atoms with E-state index >= 15 is 0 Å². The molecular formula is C14H17ClN4O2. The minimum Gasteiger partial charge on any atom is -0.313 e. The molecule has 21 heavy (non-hydrogen) atoms. The van der Waals surface area contributed by atoms with Gasteiger partial charge in [-0.1, -0.05) is 24.6 Å². The summed E-state index contributed by atoms with van der Waals surface area (Å²) in [6.07, 6.45) is 4.70. The Bertz CT molecular complexity index is 627. The zero-order valence-corrected chi connectivity index (χ0v) is 12.5. The fourth-order valence-electron chi connectivity index (χ4n) is 2.03. The van der Waals surface area contributed by atoms with E-state index in [1.54, 1.807) is 23.0 Å². The van der Waals surface area contributed by atoms with Gasteiger partial charge in [-0.3, -0.25) is 14.8 Å². The van der Waals surface area contributed by atoms with Crippen LogP contribution in [0.25, 0.3) is 0 Å². The van der Waals surface area contributed by atoms with Gasteiger partial charge in [-0.05, 0) is 19.0 Å². The van der Waals surface area contributed by atoms with Crippen LogP contribution in [0.1, 0.15) is 24.5 Å². The van der Waals surface area contributed by atoms with Gasteiger partial charge in [-0.2, -0.15) is 5.10 Å². The molecule has 0 unspecified atom stereocenters. The van der Waals surface area contributed by atoms with Crippen molar-refractivity contribution in [3.05, 3.63) is 56.9 Å². The molecule has 0 spiro atoms. The van der Waals surface area contributed by atoms with E-state index in [1.165, 1.54) is 6.07 Å². The Balaban J connectivity index is 2.13. The highest BCUT2D eigenvalue weighted by atomic mass is 35.5. The van der Waals surface area contributed by atoms with Crippen LogP contribution in [0.4, 0.5) is 5.69 Å². The first-order valence-electron chi connectivity index (χ1n) is 6.75. The summed E-state index contributed by atoms with van der Waals surface area (Å²) in [6.45, 7) is 4.07. The van der Waals surface area contributed by atoms with Gasteiger partial charge in [0.1, 0.15) is 0 Å². The Morgan fingerprint density at radius 1 is 1.48 bits per heavy atom. The van der Waals surface area contributed by atoms with Crippen LogP contribution in [0, 0.1) is 10.1 Å². The molecule has 6 nitrogen and oxygen atoms in total. The maximum absolute atomic E-state index is 11.1. The Labute approximate surface area is 127 Å². The minimum atomic E-state index is -0.422. The number of halogens is 1. The van der Waals surface area contributed by atoms with Crippen molar-refractivity contribution in [3.8, 4) is 0 Å². The van der Waals surface area contributed by atoms with E-state index in [9.17, 15) is 10.1 Å². The number of benzene rings is 1. The maximum Gasteiger partial charge on any atom is 0.275 e. The lowest BCUT2D eigenvalue weighted by Crippen LogP contribution is -2.13. The van der Waals surface area contributed by atoms with Gasteiger partial charge in [0.05, 0.1) is 28.3 Å². The second kappa shape index (κ2) is 7.19. The highest BCUT2D eigenvalue weighted by molar-refractivity contribution is 6.31. The van der Waals surface area contributed by atoms with Crippen LogP contribution >= 0.6 is 11.6 Å². The van der Waals surface area contributed by atoms with Gasteiger partial charge in [0.15, 0.2) is 0 Å². The summed E-state index contributed by atoms with van der Waals surface area (Å²) < 4.78 is 1.66. The molecule has 1 N–H and O–H groups in total. The molecule has 2 rings (SSSR count). The molecule has 7 heteroatoms. The normalized spacial score (nSPS) is 10.8. The minimum absolute atomic E-state index is 0.0173. The molecule has 0 aliphatic rings. The first-order valence-corrected chi connectivity index (χ1v) is 7.13. The SMILES string of the molecule is CCCNCc1cnn(Cc2c(Cl)cccc2[N+](=O)[O-])c1. The third kappa shape index (κ3) is 4.03. The molecule has 112 valence electrons. The van der Waals surface area contributed by atoms with Gasteiger partial charge >= 0.3 is 0 Å². The number of rotatable bonds is 7. The average Bonchev–Trinajstić information content (AvgIpc) is 2.89. The lowest BCUT2D eigenvalue weighted by Gasteiger charge is -2.05. The number of nitrogens with one attached hydrogen (secondary N) is 1. The molecule has 1 aromatic carbocycles. The summed E-state index contributed by atoms with van der Waals surface area (Å²) in [6, 6.07) is 4.68. The van der Waals surface area contributed by atoms with Crippen LogP contribution < -0.4 is 5.32 Å². The molecule has 0 amide bonds. The van der Waals surface area contributed by atoms with Crippen molar-refractivity contribution in [1.29, 1.82) is 0 Å². The molecule has 1 heterocycles. The third-order valence-corrected chi connectivity index (χ3v) is 3.41. The number of nitro groups is 1. The number of nitrogens with zero attached hydrogens (tertiary/aromatic N) is 3. The molecular weight excluding hydrogens is 292 g/mol. The smallest absolute Gasteiger partial charge is 0.275 e. The van der Waals surface area contributed by atoms with Crippen molar-refractivity contribution in [1.82, 2.24) is 15.1 Å². The van der Waals surface area contributed by atoms with Crippen molar-refractivity contribution in [2.24, 2.45) is 0 Å². The number of nitro benzene ring substituents is 1. The summed E-state index contributed by atoms with van der Waals surface area (Å²) in [4.78, 5) is 10.6. The van der Waals surface area contributed by atoms with E-state index in [0.717, 1.165) is 25.1 Å². The molecule has 0 saturated carbocycles. The summed E-state index contributed by atoms with van der Waals surface area (Å²) in [7, 11) is 0. The molecule has 2 aromatic rings. The van der Waals surface area contributed by atoms with Crippen LogP contribution in [0.5, 0.6) is 0 Å². The fraction of sp³-hybridized carbons (Fsp3) is 0.357. The van der Waals surface area contributed by atoms with Gasteiger partial charge < -0.3 is 5.32 Å². The molecule has 0 aliphatic heterocycles. The summed E-state index contributed by atoms with van der Waals surface area (Å²) in [5.41, 5.74) is 1.53. The Kier molecular flexibility index (Phi) is 5.30. The van der Waals surface area contributed by atoms with E-state index in [2.05, 4.69) is 17.3 Å². The predicted octanol–water partition coefficient (Wildman–Crippen LogP) is 2.99. The monoisotopic (exact) mass is 308 g/mol. The molecule has 0 saturated heterocycles. The number of hydrogen-bond donors (Lipinski definition) is 1. The van der Waals surface area contributed by atoms with E-state index in [0.29, 0.717) is 10.6 Å². The molecule has 0 aliphatic carbocycles. The van der Waals surface area contributed by atoms with Crippen molar-refractivity contribution in [2.45, 2.75) is 26.4 Å². The molecule has 0 radical (unpaired) electrons. The molecule has 0 atom stereocenters. The zero-order valence-electron chi connectivity index (χ0n) is 11.8. The molecule has 1 aromatic heterocycles. The quantitative estimate of drug-likeness (QED) is 0.485. The fourth-order valence-corrected chi connectivity index (χ4v) is 2.26. The molecule has 0 bridgehead atoms. The van der Waals surface area contributed by atoms with Crippen LogP contribution in [0.15, 0.2) is 30.6 Å². The first-order chi connectivity index (χ1) is 10.1. The Morgan fingerprint density at radius 2 is 2.29 bits per heavy atom. The Morgan fingerprint density at radius 3 is 3.00 bits per heavy atom. The Hall–Kier alpha value is -1.92. The highest BCUT2D eigenvalue weighted by Crippen LogP contribution is 2.26. The standard InChI is InChI=1S/C14H17ClN4O2/c1-2-6-16-7-11-8-17-18(9-11)10-12-13(15)4-3-5-14(12)19(20)21/h3-5,8-9,16H,2,6-7,10H2,1H3. The van der Waals surface area contributed by atoms with Gasteiger partial charge in [-0.15, -0.1) is 0 Å². The lowest BCUT2D eigenvalue weighted by atomic mass is 10.2. The summed E-state index contributed by atoms with van der Waals surface area (Å²) in [5, 5.41) is 18.9. The van der Waals surface area contributed by atoms with Crippen molar-refractivity contribution in [3.63, 3.8) is 0 Å². The van der Waals surface area contributed by atoms with Crippen molar-refractivity contribution >= 4 is 17.3 Å². The average molecular weight is 309 g/mol. The largest absolute Gasteiger partial charge is 0.313 e. The second-order valence-corrected chi connectivity index (χ2v) is 5.12. The van der Waals surface area contributed by atoms with E-state index in [-0.39, 0.29) is 12.2 Å². The first kappa shape index (κ1) is 15.5. The summed E-state index contributed by atoms with van der Waals surface area (Å²) in [5.74, 6) is 0. The number of hydrogen-bond acceptors (Lipinski definition) is 4. The van der Waals surface area contributed by atoms with Crippen LogP contribution in [0.3, 0.4) is 0 Å². The summed E-state index contributed by atoms with van der Waals surface area (Å²) >= 11 is 6.07. The van der Waals surface area contributed by atoms with Crippen LogP contribution in [0.2, 0.25) is 5.02 Å². The van der Waals surface area contributed by atoms with Gasteiger partial charge in [0.2, 0.25) is 0 Å². The van der Waals surface area contributed by atoms with E-state index < -0.39 is 4.92 Å².